The van der Waals surface area contributed by atoms with Gasteiger partial charge in [-0.05, 0) is 52.1 Å². The molecule has 1 amide bonds. The molecule has 0 unspecified atom stereocenters. The van der Waals surface area contributed by atoms with Gasteiger partial charge in [-0.25, -0.2) is 0 Å². The van der Waals surface area contributed by atoms with Gasteiger partial charge in [-0.2, -0.15) is 0 Å². The highest BCUT2D eigenvalue weighted by Crippen LogP contribution is 2.22. The summed E-state index contributed by atoms with van der Waals surface area (Å²) in [5, 5.41) is 15.6. The summed E-state index contributed by atoms with van der Waals surface area (Å²) in [5.41, 5.74) is 6.00. The summed E-state index contributed by atoms with van der Waals surface area (Å²) in [5.74, 6) is -0.140. The van der Waals surface area contributed by atoms with Gasteiger partial charge in [-0.1, -0.05) is 48.5 Å². The van der Waals surface area contributed by atoms with E-state index < -0.39 is 0 Å². The van der Waals surface area contributed by atoms with E-state index in [1.807, 2.05) is 12.1 Å². The molecule has 1 aliphatic rings. The lowest BCUT2D eigenvalue weighted by Crippen LogP contribution is -2.42. The molecule has 1 fully saturated rings. The molecule has 0 aliphatic carbocycles. The smallest absolute Gasteiger partial charge is 0.251 e. The van der Waals surface area contributed by atoms with Crippen LogP contribution in [0.2, 0.25) is 0 Å². The zero-order valence-electron chi connectivity index (χ0n) is 17.7. The van der Waals surface area contributed by atoms with Crippen LogP contribution < -0.4 is 10.6 Å². The summed E-state index contributed by atoms with van der Waals surface area (Å²) in [6.07, 6.45) is 0. The number of benzene rings is 3. The molecule has 0 spiro atoms. The van der Waals surface area contributed by atoms with Gasteiger partial charge in [0.2, 0.25) is 0 Å². The van der Waals surface area contributed by atoms with Crippen LogP contribution >= 0.6 is 0 Å². The average molecular weight is 416 g/mol. The molecule has 1 heterocycles. The molecule has 5 nitrogen and oxygen atoms in total. The monoisotopic (exact) mass is 415 g/mol. The fraction of sp³-hybridized carbons (Fsp3) is 0.269. The Morgan fingerprint density at radius 3 is 2.26 bits per heavy atom. The van der Waals surface area contributed by atoms with E-state index in [4.69, 9.17) is 0 Å². The highest BCUT2D eigenvalue weighted by Gasteiger charge is 2.11. The Hall–Kier alpha value is -2.99. The molecule has 31 heavy (non-hydrogen) atoms. The standard InChI is InChI=1S/C26H29N3O2/c30-19-22-6-3-9-25(16-22)26(31)28-17-20-4-1-7-23(14-20)24-8-2-5-21(15-24)18-29-12-10-27-11-13-29/h1-9,14-16,27,30H,10-13,17-19H2,(H,28,31). The predicted molar refractivity (Wildman–Crippen MR) is 124 cm³/mol. The van der Waals surface area contributed by atoms with E-state index in [9.17, 15) is 9.90 Å². The summed E-state index contributed by atoms with van der Waals surface area (Å²) in [6, 6.07) is 24.1. The Bertz CT molecular complexity index is 1030. The molecule has 160 valence electrons. The molecular formula is C26H29N3O2. The van der Waals surface area contributed by atoms with Crippen LogP contribution in [0.1, 0.15) is 27.0 Å². The van der Waals surface area contributed by atoms with Crippen LogP contribution in [0.3, 0.4) is 0 Å². The van der Waals surface area contributed by atoms with Crippen LogP contribution in [0.4, 0.5) is 0 Å². The van der Waals surface area contributed by atoms with Crippen molar-refractivity contribution in [2.45, 2.75) is 19.7 Å². The van der Waals surface area contributed by atoms with Crippen LogP contribution in [0, 0.1) is 0 Å². The fourth-order valence-electron chi connectivity index (χ4n) is 3.93. The average Bonchev–Trinajstić information content (AvgIpc) is 2.83. The normalized spacial score (nSPS) is 14.4. The Labute approximate surface area is 183 Å². The van der Waals surface area contributed by atoms with Crippen molar-refractivity contribution in [3.8, 4) is 11.1 Å². The molecule has 0 bridgehead atoms. The largest absolute Gasteiger partial charge is 0.392 e. The van der Waals surface area contributed by atoms with E-state index >= 15 is 0 Å². The molecule has 3 N–H and O–H groups in total. The number of hydrogen-bond acceptors (Lipinski definition) is 4. The minimum absolute atomic E-state index is 0.0725. The Morgan fingerprint density at radius 2 is 1.52 bits per heavy atom. The van der Waals surface area contributed by atoms with Crippen LogP contribution in [0.25, 0.3) is 11.1 Å². The van der Waals surface area contributed by atoms with Crippen molar-refractivity contribution in [3.05, 3.63) is 95.1 Å². The highest BCUT2D eigenvalue weighted by atomic mass is 16.3. The number of aliphatic hydroxyl groups is 1. The van der Waals surface area contributed by atoms with Gasteiger partial charge in [0.05, 0.1) is 6.61 Å². The van der Waals surface area contributed by atoms with Crippen LogP contribution in [0.5, 0.6) is 0 Å². The summed E-state index contributed by atoms with van der Waals surface area (Å²) in [4.78, 5) is 15.0. The second-order valence-corrected chi connectivity index (χ2v) is 7.97. The third-order valence-corrected chi connectivity index (χ3v) is 5.63. The van der Waals surface area contributed by atoms with Gasteiger partial charge >= 0.3 is 0 Å². The SMILES string of the molecule is O=C(NCc1cccc(-c2cccc(CN3CCNCC3)c2)c1)c1cccc(CO)c1. The van der Waals surface area contributed by atoms with Crippen molar-refractivity contribution < 1.29 is 9.90 Å². The van der Waals surface area contributed by atoms with E-state index in [-0.39, 0.29) is 12.5 Å². The maximum atomic E-state index is 12.5. The van der Waals surface area contributed by atoms with Crippen molar-refractivity contribution in [2.75, 3.05) is 26.2 Å². The first-order valence-electron chi connectivity index (χ1n) is 10.8. The van der Waals surface area contributed by atoms with Gasteiger partial charge in [0.1, 0.15) is 0 Å². The van der Waals surface area contributed by atoms with Gasteiger partial charge in [0, 0.05) is 44.8 Å². The summed E-state index contributed by atoms with van der Waals surface area (Å²) in [7, 11) is 0. The molecule has 0 aromatic heterocycles. The number of hydrogen-bond donors (Lipinski definition) is 3. The number of nitrogens with one attached hydrogen (secondary N) is 2. The molecule has 4 rings (SSSR count). The number of piperazine rings is 1. The fourth-order valence-corrected chi connectivity index (χ4v) is 3.93. The minimum atomic E-state index is -0.140. The number of aliphatic hydroxyl groups excluding tert-OH is 1. The van der Waals surface area contributed by atoms with Gasteiger partial charge in [-0.3, -0.25) is 9.69 Å². The molecular weight excluding hydrogens is 386 g/mol. The molecule has 0 radical (unpaired) electrons. The van der Waals surface area contributed by atoms with E-state index in [1.165, 1.54) is 11.1 Å². The van der Waals surface area contributed by atoms with Crippen molar-refractivity contribution in [3.63, 3.8) is 0 Å². The van der Waals surface area contributed by atoms with Crippen LogP contribution in [-0.4, -0.2) is 42.1 Å². The first-order chi connectivity index (χ1) is 15.2. The quantitative estimate of drug-likeness (QED) is 0.555. The number of nitrogens with zero attached hydrogens (tertiary/aromatic N) is 1. The third-order valence-electron chi connectivity index (χ3n) is 5.63. The summed E-state index contributed by atoms with van der Waals surface area (Å²) >= 11 is 0. The van der Waals surface area contributed by atoms with Crippen LogP contribution in [0.15, 0.2) is 72.8 Å². The number of rotatable bonds is 7. The van der Waals surface area contributed by atoms with E-state index in [0.717, 1.165) is 49.4 Å². The van der Waals surface area contributed by atoms with Crippen molar-refractivity contribution in [1.29, 1.82) is 0 Å². The predicted octanol–water partition coefficient (Wildman–Crippen LogP) is 3.18. The second kappa shape index (κ2) is 10.4. The highest BCUT2D eigenvalue weighted by molar-refractivity contribution is 5.94. The van der Waals surface area contributed by atoms with Crippen LogP contribution in [-0.2, 0) is 19.7 Å². The van der Waals surface area contributed by atoms with Crippen molar-refractivity contribution in [1.82, 2.24) is 15.5 Å². The number of carbonyl (C=O) groups is 1. The first kappa shape index (κ1) is 21.2. The molecule has 5 heteroatoms. The Morgan fingerprint density at radius 1 is 0.871 bits per heavy atom. The topological polar surface area (TPSA) is 64.6 Å². The number of carbonyl (C=O) groups excluding carboxylic acids is 1. The molecule has 0 atom stereocenters. The first-order valence-corrected chi connectivity index (χ1v) is 10.8. The molecule has 0 saturated carbocycles. The minimum Gasteiger partial charge on any atom is -0.392 e. The molecule has 1 aliphatic heterocycles. The molecule has 3 aromatic carbocycles. The Kier molecular flexibility index (Phi) is 7.10. The molecule has 1 saturated heterocycles. The Balaban J connectivity index is 1.42. The maximum Gasteiger partial charge on any atom is 0.251 e. The van der Waals surface area contributed by atoms with Crippen molar-refractivity contribution >= 4 is 5.91 Å². The second-order valence-electron chi connectivity index (χ2n) is 7.97. The summed E-state index contributed by atoms with van der Waals surface area (Å²) < 4.78 is 0. The van der Waals surface area contributed by atoms with Crippen molar-refractivity contribution in [2.24, 2.45) is 0 Å². The van der Waals surface area contributed by atoms with Gasteiger partial charge in [-0.15, -0.1) is 0 Å². The third kappa shape index (κ3) is 5.79. The maximum absolute atomic E-state index is 12.5. The molecule has 3 aromatic rings. The zero-order valence-corrected chi connectivity index (χ0v) is 17.7. The van der Waals surface area contributed by atoms with E-state index in [2.05, 4.69) is 51.9 Å². The van der Waals surface area contributed by atoms with Gasteiger partial charge in [0.15, 0.2) is 0 Å². The van der Waals surface area contributed by atoms with Gasteiger partial charge < -0.3 is 15.7 Å². The van der Waals surface area contributed by atoms with E-state index in [0.29, 0.717) is 12.1 Å². The lowest BCUT2D eigenvalue weighted by molar-refractivity contribution is 0.0950. The number of amides is 1. The lowest BCUT2D eigenvalue weighted by Gasteiger charge is -2.27. The zero-order chi connectivity index (χ0) is 21.5. The lowest BCUT2D eigenvalue weighted by atomic mass is 10.0. The van der Waals surface area contributed by atoms with Gasteiger partial charge in [0.25, 0.3) is 5.91 Å². The van der Waals surface area contributed by atoms with E-state index in [1.54, 1.807) is 24.3 Å². The summed E-state index contributed by atoms with van der Waals surface area (Å²) in [6.45, 7) is 5.63.